The molecule has 0 spiro atoms. The standard InChI is InChI=1S/C17H20ClN3OS2/c1-3-6-14-11(4-2)9-15(24-14)16(22)20-21-17(23)19-13-8-5-7-12(18)10-13/h5,7-10H,3-4,6H2,1-2H3,(H,20,22)(H2,19,21,23). The number of halogens is 1. The first kappa shape index (κ1) is 18.7. The molecule has 2 aromatic rings. The zero-order valence-corrected chi connectivity index (χ0v) is 16.0. The van der Waals surface area contributed by atoms with Gasteiger partial charge in [-0.1, -0.05) is 37.9 Å². The lowest BCUT2D eigenvalue weighted by atomic mass is 10.1. The van der Waals surface area contributed by atoms with E-state index in [1.54, 1.807) is 23.5 Å². The third-order valence-corrected chi connectivity index (χ3v) is 5.03. The highest BCUT2D eigenvalue weighted by Crippen LogP contribution is 2.24. The Balaban J connectivity index is 1.91. The van der Waals surface area contributed by atoms with E-state index in [-0.39, 0.29) is 5.91 Å². The van der Waals surface area contributed by atoms with Crippen molar-refractivity contribution < 1.29 is 4.79 Å². The molecule has 0 fully saturated rings. The molecule has 1 amide bonds. The Hall–Kier alpha value is -1.63. The Kier molecular flexibility index (Phi) is 7.02. The van der Waals surface area contributed by atoms with E-state index in [4.69, 9.17) is 23.8 Å². The van der Waals surface area contributed by atoms with Crippen LogP contribution in [0, 0.1) is 0 Å². The fraction of sp³-hybridized carbons (Fsp3) is 0.294. The first-order valence-corrected chi connectivity index (χ1v) is 9.38. The third kappa shape index (κ3) is 5.19. The molecule has 2 rings (SSSR count). The number of hydrogen-bond donors (Lipinski definition) is 3. The summed E-state index contributed by atoms with van der Waals surface area (Å²) in [6.07, 6.45) is 3.00. The highest BCUT2D eigenvalue weighted by Gasteiger charge is 2.13. The Morgan fingerprint density at radius 3 is 2.71 bits per heavy atom. The van der Waals surface area contributed by atoms with Gasteiger partial charge in [-0.3, -0.25) is 15.6 Å². The molecule has 0 radical (unpaired) electrons. The Labute approximate surface area is 156 Å². The molecular formula is C17H20ClN3OS2. The Morgan fingerprint density at radius 2 is 2.04 bits per heavy atom. The van der Waals surface area contributed by atoms with E-state index in [2.05, 4.69) is 30.0 Å². The molecule has 0 saturated heterocycles. The van der Waals surface area contributed by atoms with Gasteiger partial charge in [-0.25, -0.2) is 0 Å². The van der Waals surface area contributed by atoms with Gasteiger partial charge in [0.15, 0.2) is 5.11 Å². The van der Waals surface area contributed by atoms with Gasteiger partial charge in [0.25, 0.3) is 5.91 Å². The van der Waals surface area contributed by atoms with Gasteiger partial charge < -0.3 is 5.32 Å². The molecule has 4 nitrogen and oxygen atoms in total. The number of anilines is 1. The summed E-state index contributed by atoms with van der Waals surface area (Å²) in [7, 11) is 0. The molecule has 0 aliphatic heterocycles. The SMILES string of the molecule is CCCc1sc(C(=O)NNC(=S)Nc2cccc(Cl)c2)cc1CC. The predicted molar refractivity (Wildman–Crippen MR) is 106 cm³/mol. The number of amides is 1. The first-order valence-electron chi connectivity index (χ1n) is 7.78. The zero-order chi connectivity index (χ0) is 17.5. The summed E-state index contributed by atoms with van der Waals surface area (Å²) in [6.45, 7) is 4.24. The second-order valence-electron chi connectivity index (χ2n) is 5.21. The van der Waals surface area contributed by atoms with Crippen molar-refractivity contribution in [3.8, 4) is 0 Å². The van der Waals surface area contributed by atoms with Crippen LogP contribution in [0.1, 0.15) is 40.4 Å². The van der Waals surface area contributed by atoms with Crippen LogP contribution < -0.4 is 16.2 Å². The van der Waals surface area contributed by atoms with Crippen LogP contribution in [0.5, 0.6) is 0 Å². The predicted octanol–water partition coefficient (Wildman–Crippen LogP) is 4.55. The number of rotatable bonds is 5. The van der Waals surface area contributed by atoms with Crippen molar-refractivity contribution in [3.05, 3.63) is 50.7 Å². The molecule has 0 saturated carbocycles. The zero-order valence-electron chi connectivity index (χ0n) is 13.6. The van der Waals surface area contributed by atoms with Crippen molar-refractivity contribution in [2.75, 3.05) is 5.32 Å². The van der Waals surface area contributed by atoms with Crippen LogP contribution in [0.15, 0.2) is 30.3 Å². The lowest BCUT2D eigenvalue weighted by Gasteiger charge is -2.11. The molecule has 1 heterocycles. The van der Waals surface area contributed by atoms with Gasteiger partial charge in [0.05, 0.1) is 4.88 Å². The first-order chi connectivity index (χ1) is 11.5. The lowest BCUT2D eigenvalue weighted by molar-refractivity contribution is 0.0948. The van der Waals surface area contributed by atoms with Gasteiger partial charge in [-0.15, -0.1) is 11.3 Å². The maximum absolute atomic E-state index is 12.3. The number of nitrogens with one attached hydrogen (secondary N) is 3. The Morgan fingerprint density at radius 1 is 1.25 bits per heavy atom. The number of hydrogen-bond acceptors (Lipinski definition) is 3. The van der Waals surface area contributed by atoms with Gasteiger partial charge in [0.2, 0.25) is 0 Å². The van der Waals surface area contributed by atoms with Crippen LogP contribution in [0.4, 0.5) is 5.69 Å². The molecule has 0 unspecified atom stereocenters. The van der Waals surface area contributed by atoms with E-state index in [1.807, 2.05) is 18.2 Å². The fourth-order valence-corrected chi connectivity index (χ4v) is 3.83. The maximum Gasteiger partial charge on any atom is 0.279 e. The number of aryl methyl sites for hydroxylation is 2. The van der Waals surface area contributed by atoms with Crippen molar-refractivity contribution in [1.82, 2.24) is 10.9 Å². The molecule has 3 N–H and O–H groups in total. The van der Waals surface area contributed by atoms with Crippen LogP contribution in [0.25, 0.3) is 0 Å². The lowest BCUT2D eigenvalue weighted by Crippen LogP contribution is -2.43. The molecule has 0 aliphatic rings. The second-order valence-corrected chi connectivity index (χ2v) is 7.19. The maximum atomic E-state index is 12.3. The third-order valence-electron chi connectivity index (χ3n) is 3.35. The van der Waals surface area contributed by atoms with E-state index in [1.165, 1.54) is 10.4 Å². The Bertz CT molecular complexity index is 730. The van der Waals surface area contributed by atoms with Crippen molar-refractivity contribution in [3.63, 3.8) is 0 Å². The number of carbonyl (C=O) groups excluding carboxylic acids is 1. The minimum absolute atomic E-state index is 0.188. The average molecular weight is 382 g/mol. The largest absolute Gasteiger partial charge is 0.331 e. The van der Waals surface area contributed by atoms with Gasteiger partial charge in [0.1, 0.15) is 0 Å². The summed E-state index contributed by atoms with van der Waals surface area (Å²) in [5.74, 6) is -0.188. The quantitative estimate of drug-likeness (QED) is 0.525. The summed E-state index contributed by atoms with van der Waals surface area (Å²) >= 11 is 12.6. The van der Waals surface area contributed by atoms with Crippen molar-refractivity contribution in [1.29, 1.82) is 0 Å². The molecule has 1 aromatic carbocycles. The summed E-state index contributed by atoms with van der Waals surface area (Å²) in [6, 6.07) is 9.15. The molecule has 24 heavy (non-hydrogen) atoms. The molecular weight excluding hydrogens is 362 g/mol. The van der Waals surface area contributed by atoms with E-state index in [0.717, 1.165) is 24.9 Å². The normalized spacial score (nSPS) is 10.3. The highest BCUT2D eigenvalue weighted by atomic mass is 35.5. The van der Waals surface area contributed by atoms with Crippen molar-refractivity contribution >= 4 is 51.9 Å². The molecule has 0 aliphatic carbocycles. The average Bonchev–Trinajstić information content (AvgIpc) is 2.96. The van der Waals surface area contributed by atoms with Gasteiger partial charge in [-0.05, 0) is 54.9 Å². The summed E-state index contributed by atoms with van der Waals surface area (Å²) < 4.78 is 0. The van der Waals surface area contributed by atoms with Gasteiger partial charge in [0, 0.05) is 15.6 Å². The molecule has 0 bridgehead atoms. The highest BCUT2D eigenvalue weighted by molar-refractivity contribution is 7.80. The van der Waals surface area contributed by atoms with Crippen molar-refractivity contribution in [2.45, 2.75) is 33.1 Å². The van der Waals surface area contributed by atoms with Gasteiger partial charge >= 0.3 is 0 Å². The van der Waals surface area contributed by atoms with Crippen LogP contribution in [-0.2, 0) is 12.8 Å². The van der Waals surface area contributed by atoms with Crippen LogP contribution in [0.3, 0.4) is 0 Å². The number of carbonyl (C=O) groups is 1. The van der Waals surface area contributed by atoms with Gasteiger partial charge in [-0.2, -0.15) is 0 Å². The minimum Gasteiger partial charge on any atom is -0.331 e. The van der Waals surface area contributed by atoms with Crippen molar-refractivity contribution in [2.24, 2.45) is 0 Å². The number of thiocarbonyl (C=S) groups is 1. The minimum atomic E-state index is -0.188. The number of thiophene rings is 1. The van der Waals surface area contributed by atoms with E-state index < -0.39 is 0 Å². The van der Waals surface area contributed by atoms with E-state index in [0.29, 0.717) is 15.0 Å². The smallest absolute Gasteiger partial charge is 0.279 e. The molecule has 1 aromatic heterocycles. The number of benzene rings is 1. The molecule has 0 atom stereocenters. The van der Waals surface area contributed by atoms with E-state index >= 15 is 0 Å². The summed E-state index contributed by atoms with van der Waals surface area (Å²) in [5.41, 5.74) is 7.33. The topological polar surface area (TPSA) is 53.2 Å². The molecule has 7 heteroatoms. The molecule has 128 valence electrons. The fourth-order valence-electron chi connectivity index (χ4n) is 2.22. The summed E-state index contributed by atoms with van der Waals surface area (Å²) in [4.78, 5) is 14.2. The van der Waals surface area contributed by atoms with Crippen LogP contribution in [0.2, 0.25) is 5.02 Å². The second kappa shape index (κ2) is 9.01. The van der Waals surface area contributed by atoms with Crippen LogP contribution >= 0.6 is 35.2 Å². The van der Waals surface area contributed by atoms with E-state index in [9.17, 15) is 4.79 Å². The monoisotopic (exact) mass is 381 g/mol. The number of hydrazine groups is 1. The van der Waals surface area contributed by atoms with Crippen LogP contribution in [-0.4, -0.2) is 11.0 Å². The summed E-state index contributed by atoms with van der Waals surface area (Å²) in [5, 5.41) is 3.87.